The molecule has 3 N–H and O–H groups in total. The molecule has 0 saturated carbocycles. The zero-order valence-corrected chi connectivity index (χ0v) is 11.9. The van der Waals surface area contributed by atoms with Crippen molar-refractivity contribution in [1.82, 2.24) is 10.4 Å². The Morgan fingerprint density at radius 2 is 2.06 bits per heavy atom. The molecule has 1 atom stereocenters. The Bertz CT molecular complexity index is 533. The summed E-state index contributed by atoms with van der Waals surface area (Å²) in [5.41, 5.74) is 4.68. The lowest BCUT2D eigenvalue weighted by molar-refractivity contribution is 0.538. The second kappa shape index (κ2) is 6.29. The van der Waals surface area contributed by atoms with Crippen LogP contribution in [0.5, 0.6) is 0 Å². The maximum atomic E-state index is 6.13. The number of aromatic nitrogens is 1. The Kier molecular flexibility index (Phi) is 4.72. The molecule has 0 spiro atoms. The third kappa shape index (κ3) is 3.09. The lowest BCUT2D eigenvalue weighted by Gasteiger charge is -2.17. The predicted octanol–water partition coefficient (Wildman–Crippen LogP) is 3.24. The second-order valence-corrected chi connectivity index (χ2v) is 5.15. The summed E-state index contributed by atoms with van der Waals surface area (Å²) in [6, 6.07) is 11.5. The van der Waals surface area contributed by atoms with Crippen LogP contribution in [0.25, 0.3) is 0 Å². The van der Waals surface area contributed by atoms with Crippen LogP contribution < -0.4 is 11.3 Å². The summed E-state index contributed by atoms with van der Waals surface area (Å²) in [6.07, 6.45) is 2.43. The van der Waals surface area contributed by atoms with Crippen LogP contribution in [-0.2, 0) is 6.42 Å². The van der Waals surface area contributed by atoms with Crippen LogP contribution in [0.15, 0.2) is 47.1 Å². The molecule has 2 rings (SSSR count). The number of nitrogens with two attached hydrogens (primary N) is 1. The van der Waals surface area contributed by atoms with Gasteiger partial charge in [-0.15, -0.1) is 0 Å². The Hall–Kier alpha value is -0.940. The topological polar surface area (TPSA) is 50.9 Å². The van der Waals surface area contributed by atoms with Crippen LogP contribution in [0.2, 0.25) is 5.02 Å². The standard InChI is InChI=1S/C13H13BrClN3/c14-10-5-2-1-4-9(10)8-12(18-16)13-11(15)6-3-7-17-13/h1-7,12,18H,8,16H2. The van der Waals surface area contributed by atoms with Crippen molar-refractivity contribution in [2.75, 3.05) is 0 Å². The van der Waals surface area contributed by atoms with E-state index in [0.717, 1.165) is 15.7 Å². The first-order valence-electron chi connectivity index (χ1n) is 5.52. The average Bonchev–Trinajstić information content (AvgIpc) is 2.39. The van der Waals surface area contributed by atoms with Gasteiger partial charge in [0.05, 0.1) is 16.8 Å². The van der Waals surface area contributed by atoms with E-state index in [1.54, 1.807) is 12.3 Å². The van der Waals surface area contributed by atoms with Crippen molar-refractivity contribution in [3.8, 4) is 0 Å². The van der Waals surface area contributed by atoms with E-state index in [2.05, 4.69) is 26.3 Å². The quantitative estimate of drug-likeness (QED) is 0.670. The molecule has 0 radical (unpaired) electrons. The maximum absolute atomic E-state index is 6.13. The molecule has 1 heterocycles. The summed E-state index contributed by atoms with van der Waals surface area (Å²) >= 11 is 9.66. The molecule has 94 valence electrons. The van der Waals surface area contributed by atoms with Gasteiger partial charge in [0.1, 0.15) is 0 Å². The molecule has 0 aliphatic carbocycles. The minimum atomic E-state index is -0.114. The third-order valence-corrected chi connectivity index (χ3v) is 3.79. The SMILES string of the molecule is NNC(Cc1ccccc1Br)c1ncccc1Cl. The van der Waals surface area contributed by atoms with Crippen molar-refractivity contribution in [2.45, 2.75) is 12.5 Å². The van der Waals surface area contributed by atoms with Gasteiger partial charge >= 0.3 is 0 Å². The van der Waals surface area contributed by atoms with Crippen molar-refractivity contribution >= 4 is 27.5 Å². The first-order chi connectivity index (χ1) is 8.72. The van der Waals surface area contributed by atoms with Gasteiger partial charge in [0.25, 0.3) is 0 Å². The van der Waals surface area contributed by atoms with Gasteiger partial charge in [-0.1, -0.05) is 45.7 Å². The first-order valence-corrected chi connectivity index (χ1v) is 6.69. The molecule has 0 aliphatic rings. The van der Waals surface area contributed by atoms with Crippen molar-refractivity contribution < 1.29 is 0 Å². The fourth-order valence-electron chi connectivity index (χ4n) is 1.77. The Balaban J connectivity index is 2.26. The lowest BCUT2D eigenvalue weighted by Crippen LogP contribution is -2.30. The number of pyridine rings is 1. The highest BCUT2D eigenvalue weighted by molar-refractivity contribution is 9.10. The molecule has 18 heavy (non-hydrogen) atoms. The van der Waals surface area contributed by atoms with Crippen molar-refractivity contribution in [2.24, 2.45) is 5.84 Å². The third-order valence-electron chi connectivity index (χ3n) is 2.70. The number of hydrogen-bond acceptors (Lipinski definition) is 3. The molecule has 3 nitrogen and oxygen atoms in total. The molecule has 0 aliphatic heterocycles. The number of halogens is 2. The number of nitrogens with one attached hydrogen (secondary N) is 1. The van der Waals surface area contributed by atoms with E-state index < -0.39 is 0 Å². The lowest BCUT2D eigenvalue weighted by atomic mass is 10.0. The molecule has 0 fully saturated rings. The predicted molar refractivity (Wildman–Crippen MR) is 77.2 cm³/mol. The van der Waals surface area contributed by atoms with Gasteiger partial charge in [-0.05, 0) is 30.2 Å². The fraction of sp³-hybridized carbons (Fsp3) is 0.154. The van der Waals surface area contributed by atoms with E-state index in [4.69, 9.17) is 17.4 Å². The van der Waals surface area contributed by atoms with Gasteiger partial charge < -0.3 is 0 Å². The normalized spacial score (nSPS) is 12.4. The van der Waals surface area contributed by atoms with Crippen molar-refractivity contribution in [3.05, 3.63) is 63.3 Å². The molecule has 0 saturated heterocycles. The minimum Gasteiger partial charge on any atom is -0.271 e. The summed E-state index contributed by atoms with van der Waals surface area (Å²) in [5, 5.41) is 0.618. The highest BCUT2D eigenvalue weighted by Gasteiger charge is 2.16. The largest absolute Gasteiger partial charge is 0.271 e. The fourth-order valence-corrected chi connectivity index (χ4v) is 2.47. The summed E-state index contributed by atoms with van der Waals surface area (Å²) in [4.78, 5) is 4.29. The molecule has 5 heteroatoms. The highest BCUT2D eigenvalue weighted by atomic mass is 79.9. The number of hydrazine groups is 1. The minimum absolute atomic E-state index is 0.114. The van der Waals surface area contributed by atoms with Gasteiger partial charge in [-0.3, -0.25) is 16.3 Å². The molecule has 0 amide bonds. The maximum Gasteiger partial charge on any atom is 0.0775 e. The van der Waals surface area contributed by atoms with E-state index in [1.807, 2.05) is 30.3 Å². The molecule has 1 aromatic carbocycles. The van der Waals surface area contributed by atoms with E-state index in [-0.39, 0.29) is 6.04 Å². The molecule has 1 aromatic heterocycles. The molecular formula is C13H13BrClN3. The van der Waals surface area contributed by atoms with E-state index in [0.29, 0.717) is 11.4 Å². The average molecular weight is 327 g/mol. The number of rotatable bonds is 4. The zero-order chi connectivity index (χ0) is 13.0. The zero-order valence-electron chi connectivity index (χ0n) is 9.61. The molecular weight excluding hydrogens is 314 g/mol. The summed E-state index contributed by atoms with van der Waals surface area (Å²) in [6.45, 7) is 0. The number of benzene rings is 1. The summed E-state index contributed by atoms with van der Waals surface area (Å²) in [7, 11) is 0. The van der Waals surface area contributed by atoms with Crippen LogP contribution in [0.3, 0.4) is 0 Å². The summed E-state index contributed by atoms with van der Waals surface area (Å²) in [5.74, 6) is 5.61. The van der Waals surface area contributed by atoms with Crippen LogP contribution in [0.1, 0.15) is 17.3 Å². The van der Waals surface area contributed by atoms with Gasteiger partial charge in [0.15, 0.2) is 0 Å². The smallest absolute Gasteiger partial charge is 0.0775 e. The van der Waals surface area contributed by atoms with E-state index in [9.17, 15) is 0 Å². The number of hydrogen-bond donors (Lipinski definition) is 2. The molecule has 1 unspecified atom stereocenters. The highest BCUT2D eigenvalue weighted by Crippen LogP contribution is 2.26. The van der Waals surface area contributed by atoms with Crippen LogP contribution in [0, 0.1) is 0 Å². The van der Waals surface area contributed by atoms with Gasteiger partial charge in [-0.25, -0.2) is 0 Å². The van der Waals surface area contributed by atoms with Crippen LogP contribution in [0.4, 0.5) is 0 Å². The Labute approximate surface area is 119 Å². The van der Waals surface area contributed by atoms with E-state index in [1.165, 1.54) is 0 Å². The van der Waals surface area contributed by atoms with Gasteiger partial charge in [0.2, 0.25) is 0 Å². The van der Waals surface area contributed by atoms with Gasteiger partial charge in [0, 0.05) is 10.7 Å². The van der Waals surface area contributed by atoms with Crippen molar-refractivity contribution in [3.63, 3.8) is 0 Å². The first kappa shape index (κ1) is 13.5. The number of nitrogens with zero attached hydrogens (tertiary/aromatic N) is 1. The molecule has 2 aromatic rings. The molecule has 0 bridgehead atoms. The van der Waals surface area contributed by atoms with Crippen LogP contribution in [-0.4, -0.2) is 4.98 Å². The second-order valence-electron chi connectivity index (χ2n) is 3.89. The summed E-state index contributed by atoms with van der Waals surface area (Å²) < 4.78 is 1.05. The monoisotopic (exact) mass is 325 g/mol. The Morgan fingerprint density at radius 3 is 2.72 bits per heavy atom. The van der Waals surface area contributed by atoms with E-state index >= 15 is 0 Å². The van der Waals surface area contributed by atoms with Gasteiger partial charge in [-0.2, -0.15) is 0 Å². The van der Waals surface area contributed by atoms with Crippen LogP contribution >= 0.6 is 27.5 Å². The Morgan fingerprint density at radius 1 is 1.28 bits per heavy atom. The van der Waals surface area contributed by atoms with Crippen molar-refractivity contribution in [1.29, 1.82) is 0 Å².